The molecule has 2 aliphatic rings. The van der Waals surface area contributed by atoms with E-state index in [1.54, 1.807) is 7.11 Å². The molecule has 1 saturated carbocycles. The van der Waals surface area contributed by atoms with Crippen molar-refractivity contribution in [3.8, 4) is 5.88 Å². The summed E-state index contributed by atoms with van der Waals surface area (Å²) in [6.07, 6.45) is 5.11. The molecule has 1 saturated heterocycles. The van der Waals surface area contributed by atoms with Gasteiger partial charge in [-0.15, -0.1) is 0 Å². The predicted octanol–water partition coefficient (Wildman–Crippen LogP) is 1.51. The van der Waals surface area contributed by atoms with Crippen LogP contribution >= 0.6 is 0 Å². The van der Waals surface area contributed by atoms with E-state index in [9.17, 15) is 0 Å². The van der Waals surface area contributed by atoms with E-state index < -0.39 is 0 Å². The number of nitrogens with zero attached hydrogens (tertiary/aromatic N) is 3. The van der Waals surface area contributed by atoms with E-state index in [-0.39, 0.29) is 0 Å². The Bertz CT molecular complexity index is 447. The van der Waals surface area contributed by atoms with Crippen LogP contribution in [-0.2, 0) is 0 Å². The molecule has 1 N–H and O–H groups in total. The highest BCUT2D eigenvalue weighted by atomic mass is 16.5. The molecule has 2 heterocycles. The molecule has 5 heteroatoms. The van der Waals surface area contributed by atoms with Crippen LogP contribution in [0.3, 0.4) is 0 Å². The number of ether oxygens (including phenoxy) is 1. The van der Waals surface area contributed by atoms with E-state index in [0.29, 0.717) is 11.9 Å². The summed E-state index contributed by atoms with van der Waals surface area (Å²) in [5.74, 6) is 1.47. The van der Waals surface area contributed by atoms with Gasteiger partial charge in [0.1, 0.15) is 0 Å². The maximum Gasteiger partial charge on any atom is 0.229 e. The predicted molar refractivity (Wildman–Crippen MR) is 74.7 cm³/mol. The summed E-state index contributed by atoms with van der Waals surface area (Å²) >= 11 is 0. The smallest absolute Gasteiger partial charge is 0.229 e. The first-order valence-corrected chi connectivity index (χ1v) is 7.16. The molecule has 1 aliphatic carbocycles. The molecule has 0 bridgehead atoms. The van der Waals surface area contributed by atoms with Crippen LogP contribution in [0.5, 0.6) is 5.88 Å². The van der Waals surface area contributed by atoms with Crippen molar-refractivity contribution in [1.29, 1.82) is 0 Å². The van der Waals surface area contributed by atoms with E-state index in [1.807, 2.05) is 13.0 Å². The fraction of sp³-hybridized carbons (Fsp3) is 0.714. The van der Waals surface area contributed by atoms with Crippen LogP contribution in [0.1, 0.15) is 31.4 Å². The number of aromatic nitrogens is 2. The summed E-state index contributed by atoms with van der Waals surface area (Å²) in [7, 11) is 1.65. The lowest BCUT2D eigenvalue weighted by molar-refractivity contribution is 0.395. The second kappa shape index (κ2) is 5.33. The second-order valence-corrected chi connectivity index (χ2v) is 5.52. The maximum absolute atomic E-state index is 5.25. The lowest BCUT2D eigenvalue weighted by Crippen LogP contribution is -2.39. The van der Waals surface area contributed by atoms with E-state index >= 15 is 0 Å². The summed E-state index contributed by atoms with van der Waals surface area (Å²) in [6, 6.07) is 3.15. The van der Waals surface area contributed by atoms with Crippen molar-refractivity contribution < 1.29 is 4.74 Å². The molecule has 0 spiro atoms. The molecule has 19 heavy (non-hydrogen) atoms. The number of rotatable bonds is 5. The van der Waals surface area contributed by atoms with Crippen LogP contribution in [0, 0.1) is 6.92 Å². The van der Waals surface area contributed by atoms with Gasteiger partial charge in [-0.25, -0.2) is 4.98 Å². The van der Waals surface area contributed by atoms with E-state index in [1.165, 1.54) is 25.7 Å². The number of hydrogen-bond donors (Lipinski definition) is 1. The van der Waals surface area contributed by atoms with Gasteiger partial charge in [-0.2, -0.15) is 4.98 Å². The molecule has 2 fully saturated rings. The van der Waals surface area contributed by atoms with Crippen LogP contribution < -0.4 is 15.0 Å². The Labute approximate surface area is 114 Å². The topological polar surface area (TPSA) is 50.3 Å². The average Bonchev–Trinajstić information content (AvgIpc) is 3.12. The summed E-state index contributed by atoms with van der Waals surface area (Å²) in [4.78, 5) is 11.4. The summed E-state index contributed by atoms with van der Waals surface area (Å²) < 4.78 is 5.25. The van der Waals surface area contributed by atoms with Crippen molar-refractivity contribution in [3.63, 3.8) is 0 Å². The number of aryl methyl sites for hydroxylation is 1. The van der Waals surface area contributed by atoms with Gasteiger partial charge in [-0.05, 0) is 32.6 Å². The Morgan fingerprint density at radius 3 is 2.95 bits per heavy atom. The summed E-state index contributed by atoms with van der Waals surface area (Å²) in [5, 5.41) is 3.61. The number of nitrogens with one attached hydrogen (secondary N) is 1. The quantitative estimate of drug-likeness (QED) is 0.872. The van der Waals surface area contributed by atoms with Gasteiger partial charge in [0.15, 0.2) is 0 Å². The Hall–Kier alpha value is -1.36. The van der Waals surface area contributed by atoms with Gasteiger partial charge in [0.05, 0.1) is 7.11 Å². The highest BCUT2D eigenvalue weighted by Crippen LogP contribution is 2.25. The van der Waals surface area contributed by atoms with E-state index in [4.69, 9.17) is 4.74 Å². The minimum absolute atomic E-state index is 0.520. The third kappa shape index (κ3) is 2.97. The van der Waals surface area contributed by atoms with Gasteiger partial charge in [-0.1, -0.05) is 0 Å². The minimum Gasteiger partial charge on any atom is -0.481 e. The van der Waals surface area contributed by atoms with Crippen LogP contribution in [0.15, 0.2) is 6.07 Å². The third-order valence-electron chi connectivity index (χ3n) is 3.88. The highest BCUT2D eigenvalue weighted by Gasteiger charge is 2.29. The monoisotopic (exact) mass is 262 g/mol. The molecule has 104 valence electrons. The van der Waals surface area contributed by atoms with Crippen molar-refractivity contribution in [3.05, 3.63) is 11.8 Å². The normalized spacial score (nSPS) is 22.8. The molecule has 1 aromatic heterocycles. The molecule has 1 unspecified atom stereocenters. The first-order valence-electron chi connectivity index (χ1n) is 7.16. The molecule has 3 rings (SSSR count). The van der Waals surface area contributed by atoms with Gasteiger partial charge in [0.25, 0.3) is 0 Å². The van der Waals surface area contributed by atoms with Gasteiger partial charge in [-0.3, -0.25) is 0 Å². The fourth-order valence-electron chi connectivity index (χ4n) is 2.66. The second-order valence-electron chi connectivity index (χ2n) is 5.52. The Kier molecular flexibility index (Phi) is 3.55. The molecule has 1 aliphatic heterocycles. The van der Waals surface area contributed by atoms with Crippen LogP contribution in [0.25, 0.3) is 0 Å². The number of anilines is 1. The zero-order valence-electron chi connectivity index (χ0n) is 11.7. The van der Waals surface area contributed by atoms with Gasteiger partial charge in [0.2, 0.25) is 11.8 Å². The van der Waals surface area contributed by atoms with Crippen LogP contribution in [0.2, 0.25) is 0 Å². The van der Waals surface area contributed by atoms with Crippen LogP contribution in [0.4, 0.5) is 5.95 Å². The lowest BCUT2D eigenvalue weighted by Gasteiger charge is -2.25. The molecule has 0 radical (unpaired) electrons. The van der Waals surface area contributed by atoms with E-state index in [2.05, 4.69) is 20.2 Å². The van der Waals surface area contributed by atoms with Gasteiger partial charge >= 0.3 is 0 Å². The molecular weight excluding hydrogens is 240 g/mol. The fourth-order valence-corrected chi connectivity index (χ4v) is 2.66. The largest absolute Gasteiger partial charge is 0.481 e. The van der Waals surface area contributed by atoms with Crippen molar-refractivity contribution in [2.24, 2.45) is 0 Å². The molecule has 1 atom stereocenters. The number of methoxy groups -OCH3 is 1. The zero-order valence-corrected chi connectivity index (χ0v) is 11.7. The number of hydrogen-bond acceptors (Lipinski definition) is 5. The molecular formula is C14H22N4O. The summed E-state index contributed by atoms with van der Waals surface area (Å²) in [6.45, 7) is 4.08. The molecule has 1 aromatic rings. The van der Waals surface area contributed by atoms with Crippen molar-refractivity contribution in [2.45, 2.75) is 44.7 Å². The first-order chi connectivity index (χ1) is 9.26. The Balaban J connectivity index is 1.73. The molecule has 0 aromatic carbocycles. The average molecular weight is 262 g/mol. The van der Waals surface area contributed by atoms with Crippen LogP contribution in [-0.4, -0.2) is 42.3 Å². The third-order valence-corrected chi connectivity index (χ3v) is 3.88. The van der Waals surface area contributed by atoms with Gasteiger partial charge < -0.3 is 15.0 Å². The van der Waals surface area contributed by atoms with Crippen molar-refractivity contribution in [1.82, 2.24) is 15.3 Å². The lowest BCUT2D eigenvalue weighted by atomic mass is 10.2. The van der Waals surface area contributed by atoms with Crippen molar-refractivity contribution >= 4 is 5.95 Å². The van der Waals surface area contributed by atoms with E-state index in [0.717, 1.165) is 30.8 Å². The minimum atomic E-state index is 0.520. The summed E-state index contributed by atoms with van der Waals surface area (Å²) in [5.41, 5.74) is 0.961. The zero-order chi connectivity index (χ0) is 13.2. The SMILES string of the molecule is COc1cc(C)nc(N2CCCC2CNC2CC2)n1. The molecule has 0 amide bonds. The highest BCUT2D eigenvalue weighted by molar-refractivity contribution is 5.37. The standard InChI is InChI=1S/C14H22N4O/c1-10-8-13(19-2)17-14(16-10)18-7-3-4-12(18)9-15-11-5-6-11/h8,11-12,15H,3-7,9H2,1-2H3. The molecule has 5 nitrogen and oxygen atoms in total. The first kappa shape index (κ1) is 12.7. The van der Waals surface area contributed by atoms with Crippen molar-refractivity contribution in [2.75, 3.05) is 25.1 Å². The van der Waals surface area contributed by atoms with Gasteiger partial charge in [0, 0.05) is 36.9 Å². The Morgan fingerprint density at radius 1 is 1.37 bits per heavy atom. The Morgan fingerprint density at radius 2 is 2.21 bits per heavy atom. The maximum atomic E-state index is 5.25.